The summed E-state index contributed by atoms with van der Waals surface area (Å²) in [5.41, 5.74) is 2.64. The van der Waals surface area contributed by atoms with E-state index in [1.807, 2.05) is 23.1 Å². The molecule has 0 saturated carbocycles. The molecule has 4 heteroatoms. The highest BCUT2D eigenvalue weighted by Gasteiger charge is 2.24. The molecule has 2 aromatic rings. The van der Waals surface area contributed by atoms with Crippen LogP contribution in [-0.2, 0) is 13.1 Å². The van der Waals surface area contributed by atoms with Crippen LogP contribution in [0.15, 0.2) is 42.7 Å². The van der Waals surface area contributed by atoms with Gasteiger partial charge in [-0.2, -0.15) is 5.10 Å². The Hall–Kier alpha value is -1.65. The van der Waals surface area contributed by atoms with E-state index in [0.29, 0.717) is 6.04 Å². The molecule has 1 saturated heterocycles. The molecule has 20 heavy (non-hydrogen) atoms. The molecular formula is C16H21N3O. The van der Waals surface area contributed by atoms with Crippen LogP contribution in [0.4, 0.5) is 0 Å². The van der Waals surface area contributed by atoms with Crippen molar-refractivity contribution in [3.63, 3.8) is 0 Å². The van der Waals surface area contributed by atoms with Crippen LogP contribution in [0, 0.1) is 0 Å². The molecular weight excluding hydrogens is 250 g/mol. The molecule has 1 aliphatic rings. The third-order valence-electron chi connectivity index (χ3n) is 4.09. The third-order valence-corrected chi connectivity index (χ3v) is 4.09. The van der Waals surface area contributed by atoms with Gasteiger partial charge >= 0.3 is 0 Å². The van der Waals surface area contributed by atoms with E-state index < -0.39 is 0 Å². The first-order chi connectivity index (χ1) is 9.86. The van der Waals surface area contributed by atoms with Gasteiger partial charge in [0.25, 0.3) is 0 Å². The van der Waals surface area contributed by atoms with Gasteiger partial charge in [0.05, 0.1) is 13.2 Å². The molecule has 0 aliphatic carbocycles. The van der Waals surface area contributed by atoms with Crippen molar-refractivity contribution in [3.05, 3.63) is 53.9 Å². The summed E-state index contributed by atoms with van der Waals surface area (Å²) in [5.74, 6) is 0. The van der Waals surface area contributed by atoms with Crippen LogP contribution in [0.1, 0.15) is 24.0 Å². The van der Waals surface area contributed by atoms with Gasteiger partial charge in [-0.05, 0) is 36.6 Å². The van der Waals surface area contributed by atoms with Crippen molar-refractivity contribution in [2.45, 2.75) is 32.0 Å². The highest BCUT2D eigenvalue weighted by Crippen LogP contribution is 2.21. The number of hydrogen-bond acceptors (Lipinski definition) is 3. The highest BCUT2D eigenvalue weighted by atomic mass is 16.3. The van der Waals surface area contributed by atoms with Crippen molar-refractivity contribution in [3.8, 4) is 0 Å². The van der Waals surface area contributed by atoms with Crippen molar-refractivity contribution in [1.82, 2.24) is 14.7 Å². The number of benzene rings is 1. The second kappa shape index (κ2) is 6.20. The maximum absolute atomic E-state index is 9.44. The molecule has 1 aromatic carbocycles. The van der Waals surface area contributed by atoms with E-state index in [1.165, 1.54) is 17.5 Å². The molecule has 0 bridgehead atoms. The lowest BCUT2D eigenvalue weighted by Gasteiger charge is -2.24. The molecule has 1 fully saturated rings. The monoisotopic (exact) mass is 271 g/mol. The van der Waals surface area contributed by atoms with Crippen LogP contribution < -0.4 is 0 Å². The zero-order valence-electron chi connectivity index (χ0n) is 11.7. The molecule has 0 unspecified atom stereocenters. The Bertz CT molecular complexity index is 538. The summed E-state index contributed by atoms with van der Waals surface area (Å²) in [7, 11) is 0. The van der Waals surface area contributed by atoms with Gasteiger partial charge < -0.3 is 5.11 Å². The molecule has 2 heterocycles. The van der Waals surface area contributed by atoms with Crippen LogP contribution in [0.5, 0.6) is 0 Å². The van der Waals surface area contributed by atoms with Gasteiger partial charge in [-0.1, -0.05) is 24.3 Å². The van der Waals surface area contributed by atoms with Crippen LogP contribution in [0.2, 0.25) is 0 Å². The first-order valence-corrected chi connectivity index (χ1v) is 7.26. The van der Waals surface area contributed by atoms with E-state index in [0.717, 1.165) is 26.1 Å². The lowest BCUT2D eigenvalue weighted by molar-refractivity contribution is 0.153. The van der Waals surface area contributed by atoms with Gasteiger partial charge in [-0.15, -0.1) is 0 Å². The van der Waals surface area contributed by atoms with Crippen molar-refractivity contribution >= 4 is 0 Å². The third kappa shape index (κ3) is 2.92. The minimum atomic E-state index is 0.265. The molecule has 3 rings (SSSR count). The maximum atomic E-state index is 9.44. The summed E-state index contributed by atoms with van der Waals surface area (Å²) in [6.45, 7) is 3.08. The van der Waals surface area contributed by atoms with E-state index in [1.54, 1.807) is 0 Å². The standard InChI is InChI=1S/C16H21N3O/c20-13-16-7-3-9-18(16)11-14-5-1-2-6-15(14)12-19-10-4-8-17-19/h1-2,4-6,8,10,16,20H,3,7,9,11-13H2/t16-/m0/s1. The van der Waals surface area contributed by atoms with E-state index in [-0.39, 0.29) is 6.61 Å². The van der Waals surface area contributed by atoms with Crippen molar-refractivity contribution in [2.24, 2.45) is 0 Å². The fraction of sp³-hybridized carbons (Fsp3) is 0.438. The summed E-state index contributed by atoms with van der Waals surface area (Å²) < 4.78 is 1.95. The average Bonchev–Trinajstić information content (AvgIpc) is 3.12. The van der Waals surface area contributed by atoms with Gasteiger partial charge in [0.2, 0.25) is 0 Å². The molecule has 0 radical (unpaired) electrons. The number of likely N-dealkylation sites (tertiary alicyclic amines) is 1. The molecule has 1 atom stereocenters. The van der Waals surface area contributed by atoms with Gasteiger partial charge in [0.1, 0.15) is 0 Å². The van der Waals surface area contributed by atoms with Crippen LogP contribution in [-0.4, -0.2) is 39.0 Å². The summed E-state index contributed by atoms with van der Waals surface area (Å²) in [6.07, 6.45) is 6.10. The van der Waals surface area contributed by atoms with E-state index in [4.69, 9.17) is 0 Å². The van der Waals surface area contributed by atoms with E-state index in [9.17, 15) is 5.11 Å². The van der Waals surface area contributed by atoms with Gasteiger partial charge in [0.15, 0.2) is 0 Å². The number of nitrogens with zero attached hydrogens (tertiary/aromatic N) is 3. The van der Waals surface area contributed by atoms with Crippen LogP contribution >= 0.6 is 0 Å². The van der Waals surface area contributed by atoms with Gasteiger partial charge in [-0.3, -0.25) is 9.58 Å². The maximum Gasteiger partial charge on any atom is 0.0662 e. The number of aliphatic hydroxyl groups is 1. The fourth-order valence-corrected chi connectivity index (χ4v) is 2.96. The highest BCUT2D eigenvalue weighted by molar-refractivity contribution is 5.27. The molecule has 106 valence electrons. The predicted molar refractivity (Wildman–Crippen MR) is 78.3 cm³/mol. The van der Waals surface area contributed by atoms with Crippen molar-refractivity contribution in [1.29, 1.82) is 0 Å². The second-order valence-electron chi connectivity index (χ2n) is 5.42. The van der Waals surface area contributed by atoms with E-state index >= 15 is 0 Å². The lowest BCUT2D eigenvalue weighted by atomic mass is 10.1. The number of hydrogen-bond donors (Lipinski definition) is 1. The first-order valence-electron chi connectivity index (χ1n) is 7.26. The lowest BCUT2D eigenvalue weighted by Crippen LogP contribution is -2.32. The number of aliphatic hydroxyl groups excluding tert-OH is 1. The Labute approximate surface area is 119 Å². The SMILES string of the molecule is OC[C@@H]1CCCN1Cc1ccccc1Cn1cccn1. The minimum Gasteiger partial charge on any atom is -0.395 e. The minimum absolute atomic E-state index is 0.265. The zero-order valence-corrected chi connectivity index (χ0v) is 11.7. The normalized spacial score (nSPS) is 19.6. The topological polar surface area (TPSA) is 41.3 Å². The summed E-state index contributed by atoms with van der Waals surface area (Å²) >= 11 is 0. The Balaban J connectivity index is 1.75. The molecule has 4 nitrogen and oxygen atoms in total. The predicted octanol–water partition coefficient (Wildman–Crippen LogP) is 1.89. The second-order valence-corrected chi connectivity index (χ2v) is 5.42. The average molecular weight is 271 g/mol. The van der Waals surface area contributed by atoms with Crippen molar-refractivity contribution < 1.29 is 5.11 Å². The van der Waals surface area contributed by atoms with Crippen molar-refractivity contribution in [2.75, 3.05) is 13.2 Å². The Morgan fingerprint density at radius 3 is 2.65 bits per heavy atom. The fourth-order valence-electron chi connectivity index (χ4n) is 2.96. The van der Waals surface area contributed by atoms with Gasteiger partial charge in [0, 0.05) is 25.0 Å². The Morgan fingerprint density at radius 1 is 1.15 bits per heavy atom. The number of aromatic nitrogens is 2. The molecule has 0 amide bonds. The molecule has 0 spiro atoms. The largest absolute Gasteiger partial charge is 0.395 e. The smallest absolute Gasteiger partial charge is 0.0662 e. The molecule has 1 N–H and O–H groups in total. The molecule has 1 aliphatic heterocycles. The van der Waals surface area contributed by atoms with E-state index in [2.05, 4.69) is 34.3 Å². The summed E-state index contributed by atoms with van der Waals surface area (Å²) in [5, 5.41) is 13.7. The Kier molecular flexibility index (Phi) is 4.14. The van der Waals surface area contributed by atoms with Crippen LogP contribution in [0.25, 0.3) is 0 Å². The molecule has 1 aromatic heterocycles. The van der Waals surface area contributed by atoms with Crippen LogP contribution in [0.3, 0.4) is 0 Å². The quantitative estimate of drug-likeness (QED) is 0.903. The first kappa shape index (κ1) is 13.3. The Morgan fingerprint density at radius 2 is 1.95 bits per heavy atom. The summed E-state index contributed by atoms with van der Waals surface area (Å²) in [6, 6.07) is 10.8. The summed E-state index contributed by atoms with van der Waals surface area (Å²) in [4.78, 5) is 2.39. The number of rotatable bonds is 5. The zero-order chi connectivity index (χ0) is 13.8. The van der Waals surface area contributed by atoms with Gasteiger partial charge in [-0.25, -0.2) is 0 Å².